The van der Waals surface area contributed by atoms with Crippen LogP contribution in [0.3, 0.4) is 0 Å². The van der Waals surface area contributed by atoms with Gasteiger partial charge >= 0.3 is 5.97 Å². The number of hydrogen-bond donors (Lipinski definition) is 2. The Bertz CT molecular complexity index is 801. The maximum Gasteiger partial charge on any atom is 0.343 e. The number of anilines is 2. The third kappa shape index (κ3) is 5.15. The molecule has 2 aromatic rings. The molecular formula is C16H17FN4O3S. The molecular weight excluding hydrogens is 347 g/mol. The van der Waals surface area contributed by atoms with Gasteiger partial charge in [-0.15, -0.1) is 0 Å². The van der Waals surface area contributed by atoms with Crippen LogP contribution in [0.1, 0.15) is 22.8 Å². The largest absolute Gasteiger partial charge is 0.462 e. The van der Waals surface area contributed by atoms with Crippen LogP contribution >= 0.6 is 11.8 Å². The van der Waals surface area contributed by atoms with Crippen LogP contribution in [0.5, 0.6) is 0 Å². The molecule has 0 fully saturated rings. The molecule has 1 amide bonds. The number of halogens is 1. The lowest BCUT2D eigenvalue weighted by molar-refractivity contribution is -0.113. The van der Waals surface area contributed by atoms with E-state index in [2.05, 4.69) is 15.3 Å². The molecule has 7 nitrogen and oxygen atoms in total. The van der Waals surface area contributed by atoms with Gasteiger partial charge in [-0.2, -0.15) is 0 Å². The molecule has 25 heavy (non-hydrogen) atoms. The second kappa shape index (κ2) is 8.43. The highest BCUT2D eigenvalue weighted by molar-refractivity contribution is 7.99. The van der Waals surface area contributed by atoms with Crippen molar-refractivity contribution >= 4 is 35.1 Å². The summed E-state index contributed by atoms with van der Waals surface area (Å²) in [6, 6.07) is 4.44. The average molecular weight is 364 g/mol. The van der Waals surface area contributed by atoms with Gasteiger partial charge in [-0.25, -0.2) is 19.2 Å². The zero-order chi connectivity index (χ0) is 18.4. The number of aromatic nitrogens is 2. The Morgan fingerprint density at radius 2 is 2.16 bits per heavy atom. The molecule has 0 radical (unpaired) electrons. The summed E-state index contributed by atoms with van der Waals surface area (Å²) in [5, 5.41) is 2.71. The first-order chi connectivity index (χ1) is 11.9. The molecule has 9 heteroatoms. The number of nitrogens with one attached hydrogen (secondary N) is 1. The van der Waals surface area contributed by atoms with Gasteiger partial charge in [0.05, 0.1) is 18.0 Å². The number of esters is 1. The number of carbonyl (C=O) groups is 2. The van der Waals surface area contributed by atoms with E-state index in [0.717, 1.165) is 17.3 Å². The maximum atomic E-state index is 13.6. The van der Waals surface area contributed by atoms with Crippen molar-refractivity contribution in [2.45, 2.75) is 19.0 Å². The fraction of sp³-hybridized carbons (Fsp3) is 0.250. The number of nitrogen functional groups attached to an aromatic ring is 1. The number of ether oxygens (including phenoxy) is 1. The Hall–Kier alpha value is -2.68. The number of carbonyl (C=O) groups excluding carboxylic acids is 2. The molecule has 1 heterocycles. The van der Waals surface area contributed by atoms with E-state index in [-0.39, 0.29) is 34.6 Å². The Balaban J connectivity index is 1.96. The first kappa shape index (κ1) is 18.7. The monoisotopic (exact) mass is 364 g/mol. The zero-order valence-corrected chi connectivity index (χ0v) is 14.5. The predicted octanol–water partition coefficient (Wildman–Crippen LogP) is 2.41. The van der Waals surface area contributed by atoms with Gasteiger partial charge in [0.2, 0.25) is 5.91 Å². The SMILES string of the molecule is CCOC(=O)c1cnc(SCC(=O)Nc2cc(C)ccc2F)nc1N. The van der Waals surface area contributed by atoms with Crippen LogP contribution in [0.4, 0.5) is 15.9 Å². The van der Waals surface area contributed by atoms with E-state index in [9.17, 15) is 14.0 Å². The Morgan fingerprint density at radius 3 is 2.84 bits per heavy atom. The summed E-state index contributed by atoms with van der Waals surface area (Å²) >= 11 is 1.02. The van der Waals surface area contributed by atoms with E-state index in [4.69, 9.17) is 10.5 Å². The van der Waals surface area contributed by atoms with Crippen molar-refractivity contribution in [3.8, 4) is 0 Å². The quantitative estimate of drug-likeness (QED) is 0.460. The van der Waals surface area contributed by atoms with Crippen LogP contribution in [-0.4, -0.2) is 34.2 Å². The van der Waals surface area contributed by atoms with Gasteiger partial charge in [-0.1, -0.05) is 17.8 Å². The average Bonchev–Trinajstić information content (AvgIpc) is 2.56. The van der Waals surface area contributed by atoms with Gasteiger partial charge in [0.15, 0.2) is 5.16 Å². The van der Waals surface area contributed by atoms with E-state index in [0.29, 0.717) is 0 Å². The fourth-order valence-corrected chi connectivity index (χ4v) is 2.49. The number of benzene rings is 1. The van der Waals surface area contributed by atoms with Crippen LogP contribution < -0.4 is 11.1 Å². The summed E-state index contributed by atoms with van der Waals surface area (Å²) in [4.78, 5) is 31.5. The van der Waals surface area contributed by atoms with Crippen LogP contribution in [0.2, 0.25) is 0 Å². The number of amides is 1. The van der Waals surface area contributed by atoms with Gasteiger partial charge in [-0.3, -0.25) is 4.79 Å². The molecule has 0 saturated heterocycles. The summed E-state index contributed by atoms with van der Waals surface area (Å²) in [5.41, 5.74) is 6.71. The van der Waals surface area contributed by atoms with E-state index in [1.807, 2.05) is 0 Å². The first-order valence-corrected chi connectivity index (χ1v) is 8.37. The van der Waals surface area contributed by atoms with Gasteiger partial charge in [0.1, 0.15) is 17.2 Å². The second-order valence-electron chi connectivity index (χ2n) is 4.99. The molecule has 0 aliphatic heterocycles. The van der Waals surface area contributed by atoms with Crippen LogP contribution in [0.25, 0.3) is 0 Å². The molecule has 0 aliphatic rings. The summed E-state index contributed by atoms with van der Waals surface area (Å²) in [6.45, 7) is 3.69. The molecule has 0 spiro atoms. The van der Waals surface area contributed by atoms with Crippen molar-refractivity contribution in [2.75, 3.05) is 23.4 Å². The molecule has 2 rings (SSSR count). The van der Waals surface area contributed by atoms with Gasteiger partial charge in [0.25, 0.3) is 0 Å². The fourth-order valence-electron chi connectivity index (χ4n) is 1.86. The normalized spacial score (nSPS) is 10.4. The molecule has 3 N–H and O–H groups in total. The number of nitrogens with two attached hydrogens (primary N) is 1. The number of aryl methyl sites for hydroxylation is 1. The van der Waals surface area contributed by atoms with Crippen LogP contribution in [0.15, 0.2) is 29.6 Å². The van der Waals surface area contributed by atoms with Crippen molar-refractivity contribution in [1.29, 1.82) is 0 Å². The number of nitrogens with zero attached hydrogens (tertiary/aromatic N) is 2. The highest BCUT2D eigenvalue weighted by atomic mass is 32.2. The molecule has 0 aliphatic carbocycles. The third-order valence-corrected chi connectivity index (χ3v) is 3.88. The minimum Gasteiger partial charge on any atom is -0.462 e. The van der Waals surface area contributed by atoms with Crippen molar-refractivity contribution in [1.82, 2.24) is 9.97 Å². The van der Waals surface area contributed by atoms with Crippen LogP contribution in [0, 0.1) is 12.7 Å². The number of thioether (sulfide) groups is 1. The standard InChI is InChI=1S/C16H17FN4O3S/c1-3-24-15(23)10-7-19-16(21-14(10)18)25-8-13(22)20-12-6-9(2)4-5-11(12)17/h4-7H,3,8H2,1-2H3,(H,20,22)(H2,18,19,21). The Morgan fingerprint density at radius 1 is 1.40 bits per heavy atom. The zero-order valence-electron chi connectivity index (χ0n) is 13.7. The topological polar surface area (TPSA) is 107 Å². The summed E-state index contributed by atoms with van der Waals surface area (Å²) in [7, 11) is 0. The Kier molecular flexibility index (Phi) is 6.29. The predicted molar refractivity (Wildman–Crippen MR) is 92.9 cm³/mol. The lowest BCUT2D eigenvalue weighted by Gasteiger charge is -2.08. The number of hydrogen-bond acceptors (Lipinski definition) is 7. The Labute approximate surface area is 148 Å². The molecule has 0 unspecified atom stereocenters. The summed E-state index contributed by atoms with van der Waals surface area (Å²) in [6.07, 6.45) is 1.25. The van der Waals surface area contributed by atoms with E-state index >= 15 is 0 Å². The van der Waals surface area contributed by atoms with E-state index in [1.54, 1.807) is 26.0 Å². The highest BCUT2D eigenvalue weighted by Gasteiger charge is 2.15. The number of rotatable bonds is 6. The van der Waals surface area contributed by atoms with E-state index in [1.165, 1.54) is 12.3 Å². The van der Waals surface area contributed by atoms with Crippen molar-refractivity contribution < 1.29 is 18.7 Å². The molecule has 1 aromatic heterocycles. The molecule has 0 saturated carbocycles. The third-order valence-electron chi connectivity index (χ3n) is 3.02. The highest BCUT2D eigenvalue weighted by Crippen LogP contribution is 2.19. The van der Waals surface area contributed by atoms with Gasteiger partial charge < -0.3 is 15.8 Å². The molecule has 0 bridgehead atoms. The molecule has 1 aromatic carbocycles. The first-order valence-electron chi connectivity index (χ1n) is 7.39. The van der Waals surface area contributed by atoms with Crippen molar-refractivity contribution in [3.05, 3.63) is 41.3 Å². The smallest absolute Gasteiger partial charge is 0.343 e. The van der Waals surface area contributed by atoms with Gasteiger partial charge in [0, 0.05) is 6.20 Å². The minimum atomic E-state index is -0.607. The lowest BCUT2D eigenvalue weighted by atomic mass is 10.2. The molecule has 0 atom stereocenters. The van der Waals surface area contributed by atoms with Gasteiger partial charge in [-0.05, 0) is 31.5 Å². The van der Waals surface area contributed by atoms with Crippen molar-refractivity contribution in [2.24, 2.45) is 0 Å². The second-order valence-corrected chi connectivity index (χ2v) is 5.93. The summed E-state index contributed by atoms with van der Waals surface area (Å²) < 4.78 is 18.5. The molecule has 132 valence electrons. The minimum absolute atomic E-state index is 0.0268. The summed E-state index contributed by atoms with van der Waals surface area (Å²) in [5.74, 6) is -1.59. The van der Waals surface area contributed by atoms with E-state index < -0.39 is 17.7 Å². The lowest BCUT2D eigenvalue weighted by Crippen LogP contribution is -2.16. The van der Waals surface area contributed by atoms with Crippen LogP contribution in [-0.2, 0) is 9.53 Å². The van der Waals surface area contributed by atoms with Crippen molar-refractivity contribution in [3.63, 3.8) is 0 Å². The maximum absolute atomic E-state index is 13.6.